The number of methoxy groups -OCH3 is 1. The van der Waals surface area contributed by atoms with E-state index in [1.54, 1.807) is 11.4 Å². The van der Waals surface area contributed by atoms with Crippen LogP contribution in [-0.2, 0) is 16.0 Å². The van der Waals surface area contributed by atoms with Gasteiger partial charge in [0, 0.05) is 14.5 Å². The molecule has 2 rings (SSSR count). The van der Waals surface area contributed by atoms with E-state index in [4.69, 9.17) is 0 Å². The van der Waals surface area contributed by atoms with Gasteiger partial charge in [0.1, 0.15) is 0 Å². The van der Waals surface area contributed by atoms with Crippen LogP contribution in [0.15, 0.2) is 23.6 Å². The van der Waals surface area contributed by atoms with Gasteiger partial charge in [-0.15, -0.1) is 11.3 Å². The van der Waals surface area contributed by atoms with Crippen LogP contribution in [0, 0.1) is 10.5 Å². The fourth-order valence-electron chi connectivity index (χ4n) is 1.57. The molecule has 0 saturated carbocycles. The quantitative estimate of drug-likeness (QED) is 0.615. The molecular weight excluding hydrogens is 403 g/mol. The zero-order chi connectivity index (χ0) is 15.4. The number of hydrogen-bond donors (Lipinski definition) is 1. The molecule has 0 fully saturated rings. The summed E-state index contributed by atoms with van der Waals surface area (Å²) in [5, 5.41) is 4.92. The number of halogens is 1. The van der Waals surface area contributed by atoms with Crippen molar-refractivity contribution in [3.05, 3.63) is 44.0 Å². The number of thiazole rings is 1. The number of anilines is 1. The van der Waals surface area contributed by atoms with Gasteiger partial charge in [-0.3, -0.25) is 14.9 Å². The van der Waals surface area contributed by atoms with Crippen LogP contribution >= 0.6 is 33.9 Å². The number of amides is 1. The van der Waals surface area contributed by atoms with Gasteiger partial charge in [0.05, 0.1) is 19.2 Å². The molecule has 0 aliphatic heterocycles. The predicted molar refractivity (Wildman–Crippen MR) is 89.7 cm³/mol. The molecule has 1 aromatic heterocycles. The molecule has 0 saturated heterocycles. The molecule has 0 spiro atoms. The molecule has 0 aliphatic carbocycles. The molecule has 0 atom stereocenters. The molecule has 1 N–H and O–H groups in total. The lowest BCUT2D eigenvalue weighted by Crippen LogP contribution is -2.12. The van der Waals surface area contributed by atoms with Crippen LogP contribution in [0.3, 0.4) is 0 Å². The minimum atomic E-state index is -0.355. The maximum absolute atomic E-state index is 12.1. The summed E-state index contributed by atoms with van der Waals surface area (Å²) in [6.07, 6.45) is 0.102. The van der Waals surface area contributed by atoms with Crippen molar-refractivity contribution in [2.75, 3.05) is 12.4 Å². The summed E-state index contributed by atoms with van der Waals surface area (Å²) >= 11 is 3.47. The van der Waals surface area contributed by atoms with Crippen molar-refractivity contribution >= 4 is 50.9 Å². The lowest BCUT2D eigenvalue weighted by atomic mass is 10.1. The number of aryl methyl sites for hydroxylation is 1. The lowest BCUT2D eigenvalue weighted by Gasteiger charge is -2.04. The van der Waals surface area contributed by atoms with Crippen molar-refractivity contribution in [2.24, 2.45) is 0 Å². The molecule has 21 heavy (non-hydrogen) atoms. The van der Waals surface area contributed by atoms with E-state index < -0.39 is 0 Å². The normalized spacial score (nSPS) is 10.2. The number of nitrogens with zero attached hydrogens (tertiary/aromatic N) is 1. The van der Waals surface area contributed by atoms with Crippen molar-refractivity contribution in [2.45, 2.75) is 13.3 Å². The summed E-state index contributed by atoms with van der Waals surface area (Å²) in [6.45, 7) is 1.99. The maximum atomic E-state index is 12.1. The summed E-state index contributed by atoms with van der Waals surface area (Å²) < 4.78 is 5.61. The number of rotatable bonds is 4. The van der Waals surface area contributed by atoms with E-state index in [1.165, 1.54) is 18.4 Å². The first-order chi connectivity index (χ1) is 9.99. The number of hydrogen-bond acceptors (Lipinski definition) is 5. The van der Waals surface area contributed by atoms with Crippen molar-refractivity contribution in [3.8, 4) is 0 Å². The second kappa shape index (κ2) is 6.99. The first kappa shape index (κ1) is 15.9. The first-order valence-corrected chi connectivity index (χ1v) is 8.04. The summed E-state index contributed by atoms with van der Waals surface area (Å²) in [6, 6.07) is 5.51. The van der Waals surface area contributed by atoms with Gasteiger partial charge >= 0.3 is 5.97 Å². The maximum Gasteiger partial charge on any atom is 0.311 e. The van der Waals surface area contributed by atoms with Crippen LogP contribution in [0.1, 0.15) is 21.6 Å². The number of carbonyl (C=O) groups excluding carboxylic acids is 2. The van der Waals surface area contributed by atoms with Crippen molar-refractivity contribution in [1.29, 1.82) is 0 Å². The van der Waals surface area contributed by atoms with E-state index in [-0.39, 0.29) is 18.3 Å². The van der Waals surface area contributed by atoms with Gasteiger partial charge in [0.25, 0.3) is 5.91 Å². The first-order valence-electron chi connectivity index (χ1n) is 6.08. The molecule has 1 heterocycles. The number of benzene rings is 1. The standard InChI is InChI=1S/C14H13IN2O3S/c1-8-3-4-9(5-11(8)15)13(19)17-14-16-10(7-21-14)6-12(18)20-2/h3-5,7H,6H2,1-2H3,(H,16,17,19). The number of esters is 1. The Morgan fingerprint density at radius 1 is 1.43 bits per heavy atom. The SMILES string of the molecule is COC(=O)Cc1csc(NC(=O)c2ccc(C)c(I)c2)n1. The Hall–Kier alpha value is -1.48. The third-order valence-corrected chi connectivity index (χ3v) is 4.73. The van der Waals surface area contributed by atoms with E-state index >= 15 is 0 Å². The van der Waals surface area contributed by atoms with Gasteiger partial charge in [-0.05, 0) is 47.2 Å². The minimum Gasteiger partial charge on any atom is -0.469 e. The van der Waals surface area contributed by atoms with Crippen LogP contribution in [0.5, 0.6) is 0 Å². The smallest absolute Gasteiger partial charge is 0.311 e. The summed E-state index contributed by atoms with van der Waals surface area (Å²) in [4.78, 5) is 27.5. The second-order valence-corrected chi connectivity index (χ2v) is 6.34. The van der Waals surface area contributed by atoms with Crippen LogP contribution in [0.25, 0.3) is 0 Å². The average Bonchev–Trinajstić information content (AvgIpc) is 2.88. The fourth-order valence-corrected chi connectivity index (χ4v) is 2.79. The monoisotopic (exact) mass is 416 g/mol. The van der Waals surface area contributed by atoms with Gasteiger partial charge in [0.15, 0.2) is 5.13 Å². The molecule has 110 valence electrons. The number of ether oxygens (including phenoxy) is 1. The van der Waals surface area contributed by atoms with Crippen LogP contribution in [-0.4, -0.2) is 24.0 Å². The number of nitrogens with one attached hydrogen (secondary N) is 1. The fraction of sp³-hybridized carbons (Fsp3) is 0.214. The average molecular weight is 416 g/mol. The predicted octanol–water partition coefficient (Wildman–Crippen LogP) is 3.02. The molecule has 0 aliphatic rings. The van der Waals surface area contributed by atoms with E-state index in [0.717, 1.165) is 9.13 Å². The van der Waals surface area contributed by atoms with E-state index in [0.29, 0.717) is 16.4 Å². The number of carbonyl (C=O) groups is 2. The van der Waals surface area contributed by atoms with Gasteiger partial charge in [0.2, 0.25) is 0 Å². The van der Waals surface area contributed by atoms with Gasteiger partial charge in [-0.2, -0.15) is 0 Å². The Kier molecular flexibility index (Phi) is 5.29. The van der Waals surface area contributed by atoms with Crippen molar-refractivity contribution < 1.29 is 14.3 Å². The van der Waals surface area contributed by atoms with Gasteiger partial charge in [-0.25, -0.2) is 4.98 Å². The Morgan fingerprint density at radius 3 is 2.86 bits per heavy atom. The Balaban J connectivity index is 2.05. The molecular formula is C14H13IN2O3S. The highest BCUT2D eigenvalue weighted by Crippen LogP contribution is 2.18. The molecule has 1 aromatic carbocycles. The van der Waals surface area contributed by atoms with E-state index in [1.807, 2.05) is 19.1 Å². The number of aromatic nitrogens is 1. The van der Waals surface area contributed by atoms with E-state index in [9.17, 15) is 9.59 Å². The molecule has 0 unspecified atom stereocenters. The summed E-state index contributed by atoms with van der Waals surface area (Å²) in [5.74, 6) is -0.571. The highest BCUT2D eigenvalue weighted by molar-refractivity contribution is 14.1. The topological polar surface area (TPSA) is 68.3 Å². The zero-order valence-electron chi connectivity index (χ0n) is 11.5. The Labute approximate surface area is 139 Å². The van der Waals surface area contributed by atoms with Gasteiger partial charge < -0.3 is 4.74 Å². The molecule has 1 amide bonds. The highest BCUT2D eigenvalue weighted by Gasteiger charge is 2.12. The van der Waals surface area contributed by atoms with Crippen molar-refractivity contribution in [3.63, 3.8) is 0 Å². The van der Waals surface area contributed by atoms with Crippen LogP contribution < -0.4 is 5.32 Å². The molecule has 0 bridgehead atoms. The Bertz CT molecular complexity index is 685. The molecule has 2 aromatic rings. The van der Waals surface area contributed by atoms with Crippen molar-refractivity contribution in [1.82, 2.24) is 4.98 Å². The van der Waals surface area contributed by atoms with Crippen LogP contribution in [0.4, 0.5) is 5.13 Å². The van der Waals surface area contributed by atoms with Gasteiger partial charge in [-0.1, -0.05) is 6.07 Å². The second-order valence-electron chi connectivity index (χ2n) is 4.31. The third-order valence-electron chi connectivity index (χ3n) is 2.76. The molecule has 0 radical (unpaired) electrons. The van der Waals surface area contributed by atoms with Crippen LogP contribution in [0.2, 0.25) is 0 Å². The largest absolute Gasteiger partial charge is 0.469 e. The summed E-state index contributed by atoms with van der Waals surface area (Å²) in [5.41, 5.74) is 2.29. The molecule has 5 nitrogen and oxygen atoms in total. The lowest BCUT2D eigenvalue weighted by molar-refractivity contribution is -0.139. The minimum absolute atomic E-state index is 0.102. The molecule has 7 heteroatoms. The summed E-state index contributed by atoms with van der Waals surface area (Å²) in [7, 11) is 1.33. The zero-order valence-corrected chi connectivity index (χ0v) is 14.4. The third kappa shape index (κ3) is 4.24. The highest BCUT2D eigenvalue weighted by atomic mass is 127. The van der Waals surface area contributed by atoms with E-state index in [2.05, 4.69) is 37.6 Å². The Morgan fingerprint density at radius 2 is 2.19 bits per heavy atom.